The monoisotopic (exact) mass is 392 g/mol. The molecule has 0 aromatic heterocycles. The summed E-state index contributed by atoms with van der Waals surface area (Å²) in [6, 6.07) is 8.21. The number of fused-ring (bicyclic) bond motifs is 1. The Hall–Kier alpha value is -2.65. The molecule has 0 amide bonds. The Balaban J connectivity index is 2.05. The minimum atomic E-state index is -3.91. The highest BCUT2D eigenvalue weighted by Gasteiger charge is 2.36. The first-order valence-electron chi connectivity index (χ1n) is 8.30. The summed E-state index contributed by atoms with van der Waals surface area (Å²) < 4.78 is 38.4. The second kappa shape index (κ2) is 7.16. The van der Waals surface area contributed by atoms with Crippen molar-refractivity contribution in [3.63, 3.8) is 0 Å². The summed E-state index contributed by atoms with van der Waals surface area (Å²) in [4.78, 5) is 10.3. The van der Waals surface area contributed by atoms with Crippen LogP contribution in [0.25, 0.3) is 0 Å². The number of rotatable bonds is 5. The van der Waals surface area contributed by atoms with Crippen molar-refractivity contribution < 1.29 is 22.8 Å². The molecule has 0 bridgehead atoms. The minimum Gasteiger partial charge on any atom is -0.497 e. The quantitative estimate of drug-likeness (QED) is 0.573. The second-order valence-electron chi connectivity index (χ2n) is 6.20. The van der Waals surface area contributed by atoms with Crippen LogP contribution in [0.5, 0.6) is 11.5 Å². The molecule has 1 aliphatic heterocycles. The van der Waals surface area contributed by atoms with Crippen LogP contribution in [0.1, 0.15) is 24.1 Å². The van der Waals surface area contributed by atoms with Crippen molar-refractivity contribution in [3.05, 3.63) is 57.6 Å². The topological polar surface area (TPSA) is 99.0 Å². The van der Waals surface area contributed by atoms with Gasteiger partial charge in [0.1, 0.15) is 11.5 Å². The molecular formula is C18H20N2O6S. The van der Waals surface area contributed by atoms with Gasteiger partial charge in [-0.1, -0.05) is 6.07 Å². The van der Waals surface area contributed by atoms with Gasteiger partial charge in [-0.15, -0.1) is 0 Å². The third-order valence-electron chi connectivity index (χ3n) is 4.74. The van der Waals surface area contributed by atoms with E-state index in [4.69, 9.17) is 9.47 Å². The van der Waals surface area contributed by atoms with E-state index in [1.54, 1.807) is 20.1 Å². The largest absolute Gasteiger partial charge is 0.497 e. The molecule has 0 saturated carbocycles. The van der Waals surface area contributed by atoms with E-state index in [0.29, 0.717) is 17.9 Å². The fourth-order valence-electron chi connectivity index (χ4n) is 3.41. The summed E-state index contributed by atoms with van der Waals surface area (Å²) in [5.74, 6) is 1.20. The van der Waals surface area contributed by atoms with E-state index in [1.807, 2.05) is 6.07 Å². The molecule has 144 valence electrons. The Morgan fingerprint density at radius 1 is 1.19 bits per heavy atom. The number of hydrogen-bond acceptors (Lipinski definition) is 6. The van der Waals surface area contributed by atoms with Crippen LogP contribution in [-0.4, -0.2) is 38.4 Å². The van der Waals surface area contributed by atoms with Gasteiger partial charge in [0.05, 0.1) is 30.1 Å². The molecule has 1 heterocycles. The van der Waals surface area contributed by atoms with Gasteiger partial charge in [-0.05, 0) is 31.0 Å². The highest BCUT2D eigenvalue weighted by molar-refractivity contribution is 7.89. The molecule has 0 aliphatic carbocycles. The lowest BCUT2D eigenvalue weighted by Crippen LogP contribution is -2.39. The van der Waals surface area contributed by atoms with Gasteiger partial charge < -0.3 is 9.47 Å². The van der Waals surface area contributed by atoms with Gasteiger partial charge in [0.2, 0.25) is 10.0 Å². The first-order chi connectivity index (χ1) is 12.8. The lowest BCUT2D eigenvalue weighted by molar-refractivity contribution is -0.385. The van der Waals surface area contributed by atoms with Crippen molar-refractivity contribution in [3.8, 4) is 11.5 Å². The van der Waals surface area contributed by atoms with E-state index in [9.17, 15) is 18.5 Å². The van der Waals surface area contributed by atoms with E-state index in [1.165, 1.54) is 29.6 Å². The molecule has 0 radical (unpaired) electrons. The molecular weight excluding hydrogens is 372 g/mol. The molecule has 0 saturated heterocycles. The molecule has 27 heavy (non-hydrogen) atoms. The summed E-state index contributed by atoms with van der Waals surface area (Å²) in [5.41, 5.74) is 1.48. The maximum Gasteiger partial charge on any atom is 0.270 e. The van der Waals surface area contributed by atoms with Crippen LogP contribution in [0.3, 0.4) is 0 Å². The van der Waals surface area contributed by atoms with Crippen molar-refractivity contribution >= 4 is 15.7 Å². The number of nitro benzene ring substituents is 1. The summed E-state index contributed by atoms with van der Waals surface area (Å²) in [6.45, 7) is 2.04. The maximum absolute atomic E-state index is 13.1. The van der Waals surface area contributed by atoms with Gasteiger partial charge in [0, 0.05) is 30.3 Å². The zero-order valence-electron chi connectivity index (χ0n) is 15.2. The molecule has 0 N–H and O–H groups in total. The van der Waals surface area contributed by atoms with Crippen molar-refractivity contribution in [2.45, 2.75) is 24.3 Å². The molecule has 0 spiro atoms. The fourth-order valence-corrected chi connectivity index (χ4v) is 5.06. The van der Waals surface area contributed by atoms with Gasteiger partial charge in [0.15, 0.2) is 0 Å². The van der Waals surface area contributed by atoms with E-state index in [2.05, 4.69) is 0 Å². The van der Waals surface area contributed by atoms with Gasteiger partial charge in [-0.2, -0.15) is 4.31 Å². The number of non-ortho nitro benzene ring substituents is 1. The summed E-state index contributed by atoms with van der Waals surface area (Å²) in [6.07, 6.45) is 0.487. The Bertz CT molecular complexity index is 972. The standard InChI is InChI=1S/C18H20N2O6S/c1-12-18-13(9-15(25-2)11-17(18)26-3)7-8-19(12)27(23,24)16-6-4-5-14(10-16)20(21)22/h4-6,9-12H,7-8H2,1-3H3. The average Bonchev–Trinajstić information content (AvgIpc) is 2.67. The molecule has 2 aromatic carbocycles. The molecule has 2 aromatic rings. The molecule has 3 rings (SSSR count). The Kier molecular flexibility index (Phi) is 5.07. The Labute approximate surface area is 157 Å². The zero-order valence-corrected chi connectivity index (χ0v) is 16.0. The molecule has 1 aliphatic rings. The number of ether oxygens (including phenoxy) is 2. The number of nitrogens with zero attached hydrogens (tertiary/aromatic N) is 2. The van der Waals surface area contributed by atoms with Gasteiger partial charge in [0.25, 0.3) is 5.69 Å². The predicted octanol–water partition coefficient (Wildman–Crippen LogP) is 2.92. The predicted molar refractivity (Wildman–Crippen MR) is 98.7 cm³/mol. The van der Waals surface area contributed by atoms with Crippen molar-refractivity contribution in [1.82, 2.24) is 4.31 Å². The molecule has 1 unspecified atom stereocenters. The first-order valence-corrected chi connectivity index (χ1v) is 9.74. The van der Waals surface area contributed by atoms with E-state index < -0.39 is 21.0 Å². The number of methoxy groups -OCH3 is 2. The average molecular weight is 392 g/mol. The van der Waals surface area contributed by atoms with Crippen LogP contribution in [0, 0.1) is 10.1 Å². The molecule has 8 nitrogen and oxygen atoms in total. The summed E-state index contributed by atoms with van der Waals surface area (Å²) in [7, 11) is -0.823. The van der Waals surface area contributed by atoms with Crippen LogP contribution in [0.4, 0.5) is 5.69 Å². The molecule has 1 atom stereocenters. The Morgan fingerprint density at radius 2 is 1.93 bits per heavy atom. The highest BCUT2D eigenvalue weighted by Crippen LogP contribution is 2.41. The minimum absolute atomic E-state index is 0.0977. The van der Waals surface area contributed by atoms with E-state index >= 15 is 0 Å². The maximum atomic E-state index is 13.1. The summed E-state index contributed by atoms with van der Waals surface area (Å²) >= 11 is 0. The van der Waals surface area contributed by atoms with E-state index in [0.717, 1.165) is 17.2 Å². The summed E-state index contributed by atoms with van der Waals surface area (Å²) in [5, 5.41) is 11.0. The van der Waals surface area contributed by atoms with Crippen LogP contribution in [0.15, 0.2) is 41.3 Å². The number of benzene rings is 2. The molecule has 0 fully saturated rings. The Morgan fingerprint density at radius 3 is 2.56 bits per heavy atom. The van der Waals surface area contributed by atoms with Gasteiger partial charge >= 0.3 is 0 Å². The van der Waals surface area contributed by atoms with E-state index in [-0.39, 0.29) is 17.1 Å². The molecule has 9 heteroatoms. The van der Waals surface area contributed by atoms with Crippen LogP contribution >= 0.6 is 0 Å². The third kappa shape index (κ3) is 3.35. The van der Waals surface area contributed by atoms with Crippen molar-refractivity contribution in [1.29, 1.82) is 0 Å². The third-order valence-corrected chi connectivity index (χ3v) is 6.71. The normalized spacial score (nSPS) is 17.2. The van der Waals surface area contributed by atoms with Crippen LogP contribution in [-0.2, 0) is 16.4 Å². The van der Waals surface area contributed by atoms with Gasteiger partial charge in [-0.3, -0.25) is 10.1 Å². The number of hydrogen-bond donors (Lipinski definition) is 0. The SMILES string of the molecule is COc1cc2c(c(OC)c1)C(C)N(S(=O)(=O)c1cccc([N+](=O)[O-])c1)CC2. The first kappa shape index (κ1) is 19.1. The van der Waals surface area contributed by atoms with Crippen molar-refractivity contribution in [2.75, 3.05) is 20.8 Å². The van der Waals surface area contributed by atoms with Gasteiger partial charge in [-0.25, -0.2) is 8.42 Å². The van der Waals surface area contributed by atoms with Crippen LogP contribution in [0.2, 0.25) is 0 Å². The second-order valence-corrected chi connectivity index (χ2v) is 8.09. The lowest BCUT2D eigenvalue weighted by atomic mass is 9.94. The highest BCUT2D eigenvalue weighted by atomic mass is 32.2. The number of nitro groups is 1. The number of sulfonamides is 1. The zero-order chi connectivity index (χ0) is 19.8. The van der Waals surface area contributed by atoms with Crippen molar-refractivity contribution in [2.24, 2.45) is 0 Å². The van der Waals surface area contributed by atoms with Crippen LogP contribution < -0.4 is 9.47 Å². The smallest absolute Gasteiger partial charge is 0.270 e. The fraction of sp³-hybridized carbons (Fsp3) is 0.333. The lowest BCUT2D eigenvalue weighted by Gasteiger charge is -2.35.